The maximum absolute atomic E-state index is 11.8. The number of H-pyrrole nitrogens is 1. The van der Waals surface area contributed by atoms with Crippen LogP contribution in [0.15, 0.2) is 84.1 Å². The van der Waals surface area contributed by atoms with Crippen LogP contribution >= 0.6 is 32.2 Å². The van der Waals surface area contributed by atoms with Crippen molar-refractivity contribution in [3.05, 3.63) is 101 Å². The van der Waals surface area contributed by atoms with Crippen LogP contribution in [0, 0.1) is 0 Å². The quantitative estimate of drug-likeness (QED) is 0.0415. The number of rotatable bonds is 14. The van der Waals surface area contributed by atoms with Crippen LogP contribution in [-0.2, 0) is 11.3 Å². The molecule has 1 amide bonds. The third-order valence-corrected chi connectivity index (χ3v) is 11.1. The minimum atomic E-state index is -0.609. The molecule has 13 heteroatoms. The molecule has 2 aliphatic rings. The zero-order chi connectivity index (χ0) is 41.9. The monoisotopic (exact) mass is 825 g/mol. The van der Waals surface area contributed by atoms with Crippen molar-refractivity contribution < 1.29 is 14.4 Å². The lowest BCUT2D eigenvalue weighted by Gasteiger charge is -2.49. The molecule has 2 saturated heterocycles. The number of aromatic nitrogens is 1. The summed E-state index contributed by atoms with van der Waals surface area (Å²) >= 11 is 10.3. The molecule has 308 valence electrons. The standard InChI is InChI=1S/C16H29N3.C13H17ClN2OS.C12H12NO2P.C2H7N/c1-6-7-8-14-9-10-15-11-18(12(2)3)16(17-5)13(4)19(14)15;1-9(3-2-4-13(15)17)16-8-10-5-6-11(18)7-12(10)14;1-16(2)12(15)8-3-4-11-9(5-8)6-10(7-14)13-11;1-3-2/h7-8,12,14-17H,4,6,9-11H2,1-3,5H3;5-7,16,18H,1-4,8H2,(H2,15,17);3-7,13H,1-2H3;3H,1-2H3/b8-7+;;;. The van der Waals surface area contributed by atoms with Crippen molar-refractivity contribution in [2.24, 2.45) is 5.73 Å². The smallest absolute Gasteiger partial charge is 0.217 e. The number of thiol groups is 1. The minimum Gasteiger partial charge on any atom is -0.385 e. The second-order valence-electron chi connectivity index (χ2n) is 14.4. The Balaban J connectivity index is 0.000000281. The number of carbonyl (C=O) groups is 3. The van der Waals surface area contributed by atoms with Crippen molar-refractivity contribution in [2.75, 3.05) is 41.0 Å². The van der Waals surface area contributed by atoms with Crippen LogP contribution in [0.25, 0.3) is 10.9 Å². The van der Waals surface area contributed by atoms with Gasteiger partial charge in [0.2, 0.25) is 5.91 Å². The van der Waals surface area contributed by atoms with Gasteiger partial charge in [-0.3, -0.25) is 24.6 Å². The zero-order valence-electron chi connectivity index (χ0n) is 34.6. The molecule has 0 saturated carbocycles. The van der Waals surface area contributed by atoms with E-state index in [9.17, 15) is 14.4 Å². The number of aldehydes is 1. The Morgan fingerprint density at radius 1 is 1.11 bits per heavy atom. The van der Waals surface area contributed by atoms with Crippen LogP contribution < -0.4 is 21.7 Å². The van der Waals surface area contributed by atoms with Gasteiger partial charge in [-0.25, -0.2) is 0 Å². The second kappa shape index (κ2) is 25.0. The summed E-state index contributed by atoms with van der Waals surface area (Å²) in [5.74, 6) is -0.282. The molecule has 1 aromatic heterocycles. The topological polar surface area (TPSA) is 136 Å². The number of fused-ring (bicyclic) bond motifs is 2. The average molecular weight is 827 g/mol. The molecule has 2 aliphatic heterocycles. The summed E-state index contributed by atoms with van der Waals surface area (Å²) in [6.45, 7) is 20.7. The van der Waals surface area contributed by atoms with Gasteiger partial charge in [-0.2, -0.15) is 0 Å². The SMILES string of the molecule is C=C(CCCC(N)=O)NCc1ccc(S)cc1Cl.C=C1C(NC)N(C(C)C)CC2CCC(/C=C/CC)N12.CNC.CP(C)C(=O)c1ccc2[nH]c(C=O)cc2c1. The number of likely N-dealkylation sites (N-methyl/N-ethyl adjacent to an activating group) is 1. The van der Waals surface area contributed by atoms with Crippen LogP contribution in [0.2, 0.25) is 5.02 Å². The molecule has 3 heterocycles. The number of nitrogens with two attached hydrogens (primary N) is 1. The highest BCUT2D eigenvalue weighted by atomic mass is 35.5. The lowest BCUT2D eigenvalue weighted by Crippen LogP contribution is -2.61. The zero-order valence-corrected chi connectivity index (χ0v) is 37.2. The van der Waals surface area contributed by atoms with Crippen LogP contribution in [0.4, 0.5) is 0 Å². The maximum Gasteiger partial charge on any atom is 0.217 e. The second-order valence-corrected chi connectivity index (χ2v) is 17.5. The summed E-state index contributed by atoms with van der Waals surface area (Å²) in [7, 11) is 5.18. The van der Waals surface area contributed by atoms with Gasteiger partial charge >= 0.3 is 0 Å². The molecule has 0 spiro atoms. The van der Waals surface area contributed by atoms with Crippen molar-refractivity contribution in [2.45, 2.75) is 95.0 Å². The summed E-state index contributed by atoms with van der Waals surface area (Å²) in [6.07, 6.45) is 11.2. The third kappa shape index (κ3) is 15.1. The van der Waals surface area contributed by atoms with Gasteiger partial charge in [-0.05, 0) is 130 Å². The molecule has 3 unspecified atom stereocenters. The number of primary amides is 1. The fourth-order valence-corrected chi connectivity index (χ4v) is 7.80. The molecule has 0 aliphatic carbocycles. The highest BCUT2D eigenvalue weighted by Crippen LogP contribution is 2.36. The summed E-state index contributed by atoms with van der Waals surface area (Å²) in [6, 6.07) is 14.6. The number of hydrogen-bond acceptors (Lipinski definition) is 9. The molecule has 10 nitrogen and oxygen atoms in total. The van der Waals surface area contributed by atoms with E-state index in [1.54, 1.807) is 18.2 Å². The number of allylic oxidation sites excluding steroid dienone is 2. The van der Waals surface area contributed by atoms with E-state index in [4.69, 9.17) is 17.3 Å². The Morgan fingerprint density at radius 3 is 2.38 bits per heavy atom. The summed E-state index contributed by atoms with van der Waals surface area (Å²) in [4.78, 5) is 41.9. The molecule has 2 fully saturated rings. The van der Waals surface area contributed by atoms with Crippen LogP contribution in [0.1, 0.15) is 85.7 Å². The van der Waals surface area contributed by atoms with E-state index in [1.165, 1.54) is 18.5 Å². The summed E-state index contributed by atoms with van der Waals surface area (Å²) in [5, 5.41) is 10.9. The fraction of sp³-hybridized carbons (Fsp3) is 0.465. The van der Waals surface area contributed by atoms with E-state index >= 15 is 0 Å². The summed E-state index contributed by atoms with van der Waals surface area (Å²) < 4.78 is 0. The molecule has 3 aromatic rings. The Hall–Kier alpha value is -3.44. The fourth-order valence-electron chi connectivity index (χ4n) is 6.62. The molecular weight excluding hydrogens is 761 g/mol. The number of benzene rings is 2. The Kier molecular flexibility index (Phi) is 21.8. The van der Waals surface area contributed by atoms with Gasteiger partial charge in [0.25, 0.3) is 0 Å². The number of aromatic amines is 1. The lowest BCUT2D eigenvalue weighted by atomic mass is 10.1. The van der Waals surface area contributed by atoms with E-state index in [1.807, 2.05) is 58.7 Å². The van der Waals surface area contributed by atoms with Crippen molar-refractivity contribution in [3.63, 3.8) is 0 Å². The highest BCUT2D eigenvalue weighted by Gasteiger charge is 2.42. The van der Waals surface area contributed by atoms with Gasteiger partial charge in [0.05, 0.1) is 5.69 Å². The number of halogens is 1. The maximum atomic E-state index is 11.8. The minimum absolute atomic E-state index is 0.186. The first-order valence-electron chi connectivity index (χ1n) is 19.2. The van der Waals surface area contributed by atoms with Gasteiger partial charge < -0.3 is 26.3 Å². The van der Waals surface area contributed by atoms with Crippen molar-refractivity contribution in [1.82, 2.24) is 30.7 Å². The van der Waals surface area contributed by atoms with Crippen molar-refractivity contribution in [3.8, 4) is 0 Å². The van der Waals surface area contributed by atoms with Gasteiger partial charge in [0.15, 0.2) is 11.8 Å². The summed E-state index contributed by atoms with van der Waals surface area (Å²) in [5.41, 5.74) is 10.5. The lowest BCUT2D eigenvalue weighted by molar-refractivity contribution is -0.118. The molecule has 0 radical (unpaired) electrons. The van der Waals surface area contributed by atoms with E-state index in [2.05, 4.69) is 89.4 Å². The molecule has 2 aromatic carbocycles. The average Bonchev–Trinajstić information content (AvgIpc) is 3.77. The molecule has 6 N–H and O–H groups in total. The predicted octanol–water partition coefficient (Wildman–Crippen LogP) is 8.15. The van der Waals surface area contributed by atoms with E-state index < -0.39 is 7.92 Å². The van der Waals surface area contributed by atoms with Gasteiger partial charge in [0, 0.05) is 75.4 Å². The normalized spacial score (nSPS) is 17.8. The Labute approximate surface area is 347 Å². The number of nitrogens with one attached hydrogen (secondary N) is 4. The molecule has 5 rings (SSSR count). The number of amides is 1. The molecule has 0 bridgehead atoms. The Morgan fingerprint density at radius 2 is 1.80 bits per heavy atom. The molecule has 3 atom stereocenters. The van der Waals surface area contributed by atoms with Crippen molar-refractivity contribution >= 4 is 60.8 Å². The number of carbonyl (C=O) groups excluding carboxylic acids is 3. The third-order valence-electron chi connectivity index (χ3n) is 9.37. The molecular formula is C43H65ClN7O3PS. The first-order chi connectivity index (χ1) is 26.6. The number of nitrogens with zero attached hydrogens (tertiary/aromatic N) is 2. The van der Waals surface area contributed by atoms with Gasteiger partial charge in [-0.1, -0.05) is 49.9 Å². The molecule has 56 heavy (non-hydrogen) atoms. The van der Waals surface area contributed by atoms with Gasteiger partial charge in [-0.15, -0.1) is 12.6 Å². The number of hydrogen-bond donors (Lipinski definition) is 6. The first kappa shape index (κ1) is 48.7. The van der Waals surface area contributed by atoms with E-state index in [0.29, 0.717) is 48.2 Å². The predicted molar refractivity (Wildman–Crippen MR) is 241 cm³/mol. The van der Waals surface area contributed by atoms with E-state index in [-0.39, 0.29) is 17.6 Å². The highest BCUT2D eigenvalue weighted by molar-refractivity contribution is 7.80. The van der Waals surface area contributed by atoms with Crippen LogP contribution in [0.3, 0.4) is 0 Å². The van der Waals surface area contributed by atoms with Gasteiger partial charge in [0.1, 0.15) is 6.17 Å². The Bertz CT molecular complexity index is 1780. The largest absolute Gasteiger partial charge is 0.385 e. The number of piperazine rings is 1. The van der Waals surface area contributed by atoms with E-state index in [0.717, 1.165) is 58.3 Å². The van der Waals surface area contributed by atoms with Crippen LogP contribution in [0.5, 0.6) is 0 Å². The van der Waals surface area contributed by atoms with Crippen molar-refractivity contribution in [1.29, 1.82) is 0 Å². The first-order valence-corrected chi connectivity index (χ1v) is 22.3. The van der Waals surface area contributed by atoms with Crippen LogP contribution in [-0.4, -0.2) is 97.8 Å².